The largest absolute Gasteiger partial charge is 0.380 e. The molecule has 0 aliphatic carbocycles. The van der Waals surface area contributed by atoms with Gasteiger partial charge in [-0.1, -0.05) is 27.2 Å². The van der Waals surface area contributed by atoms with E-state index < -0.39 is 0 Å². The van der Waals surface area contributed by atoms with Crippen molar-refractivity contribution >= 4 is 0 Å². The highest BCUT2D eigenvalue weighted by molar-refractivity contribution is 4.78. The van der Waals surface area contributed by atoms with Crippen molar-refractivity contribution in [2.45, 2.75) is 46.5 Å². The fraction of sp³-hybridized carbons (Fsp3) is 1.00. The van der Waals surface area contributed by atoms with E-state index in [-0.39, 0.29) is 0 Å². The Bertz CT molecular complexity index is 197. The zero-order chi connectivity index (χ0) is 13.3. The maximum atomic E-state index is 5.52. The molecule has 0 spiro atoms. The van der Waals surface area contributed by atoms with Gasteiger partial charge < -0.3 is 15.0 Å². The van der Waals surface area contributed by atoms with E-state index in [0.717, 1.165) is 26.3 Å². The first kappa shape index (κ1) is 15.9. The van der Waals surface area contributed by atoms with E-state index in [9.17, 15) is 0 Å². The standard InChI is InChI=1S/C15H32N2O/c1-4-5-13-18-14-9-16-8-12-17-10-6-15(2,3)7-11-17/h16H,4-14H2,1-3H3. The molecule has 1 saturated heterocycles. The van der Waals surface area contributed by atoms with Gasteiger partial charge in [0.2, 0.25) is 0 Å². The number of ether oxygens (including phenoxy) is 1. The summed E-state index contributed by atoms with van der Waals surface area (Å²) >= 11 is 0. The lowest BCUT2D eigenvalue weighted by Gasteiger charge is -2.36. The van der Waals surface area contributed by atoms with Gasteiger partial charge in [0, 0.05) is 26.2 Å². The van der Waals surface area contributed by atoms with Gasteiger partial charge in [0.15, 0.2) is 0 Å². The number of nitrogens with one attached hydrogen (secondary N) is 1. The number of piperidine rings is 1. The molecular weight excluding hydrogens is 224 g/mol. The van der Waals surface area contributed by atoms with Crippen molar-refractivity contribution in [3.63, 3.8) is 0 Å². The number of hydrogen-bond acceptors (Lipinski definition) is 3. The Morgan fingerprint density at radius 3 is 2.50 bits per heavy atom. The van der Waals surface area contributed by atoms with Crippen LogP contribution in [0.4, 0.5) is 0 Å². The van der Waals surface area contributed by atoms with Crippen molar-refractivity contribution in [3.8, 4) is 0 Å². The molecule has 0 amide bonds. The SMILES string of the molecule is CCCCOCCNCCN1CCC(C)(C)CC1. The summed E-state index contributed by atoms with van der Waals surface area (Å²) in [5.41, 5.74) is 0.567. The molecule has 1 fully saturated rings. The first-order valence-electron chi connectivity index (χ1n) is 7.65. The van der Waals surface area contributed by atoms with Crippen LogP contribution in [0.5, 0.6) is 0 Å². The van der Waals surface area contributed by atoms with Gasteiger partial charge in [-0.2, -0.15) is 0 Å². The van der Waals surface area contributed by atoms with Crippen LogP contribution in [0.25, 0.3) is 0 Å². The van der Waals surface area contributed by atoms with Crippen molar-refractivity contribution in [3.05, 3.63) is 0 Å². The molecule has 3 nitrogen and oxygen atoms in total. The van der Waals surface area contributed by atoms with Gasteiger partial charge in [-0.3, -0.25) is 0 Å². The van der Waals surface area contributed by atoms with Crippen molar-refractivity contribution in [2.75, 3.05) is 45.9 Å². The van der Waals surface area contributed by atoms with Crippen molar-refractivity contribution in [1.82, 2.24) is 10.2 Å². The van der Waals surface area contributed by atoms with Crippen LogP contribution in [-0.4, -0.2) is 50.8 Å². The molecule has 108 valence electrons. The maximum Gasteiger partial charge on any atom is 0.0590 e. The summed E-state index contributed by atoms with van der Waals surface area (Å²) in [7, 11) is 0. The molecule has 0 aromatic rings. The molecule has 0 atom stereocenters. The zero-order valence-electron chi connectivity index (χ0n) is 12.6. The lowest BCUT2D eigenvalue weighted by Crippen LogP contribution is -2.41. The van der Waals surface area contributed by atoms with Gasteiger partial charge in [0.05, 0.1) is 6.61 Å². The second-order valence-corrected chi connectivity index (χ2v) is 6.22. The summed E-state index contributed by atoms with van der Waals surface area (Å²) in [4.78, 5) is 2.58. The minimum absolute atomic E-state index is 0.567. The van der Waals surface area contributed by atoms with E-state index in [1.165, 1.54) is 45.3 Å². The molecule has 0 radical (unpaired) electrons. The minimum Gasteiger partial charge on any atom is -0.380 e. The van der Waals surface area contributed by atoms with Crippen LogP contribution in [0.3, 0.4) is 0 Å². The third-order valence-electron chi connectivity index (χ3n) is 3.88. The molecule has 1 N–H and O–H groups in total. The van der Waals surface area contributed by atoms with Crippen LogP contribution in [0.2, 0.25) is 0 Å². The molecule has 1 aliphatic rings. The summed E-state index contributed by atoms with van der Waals surface area (Å²) in [5, 5.41) is 3.46. The third kappa shape index (κ3) is 7.34. The van der Waals surface area contributed by atoms with E-state index in [1.807, 2.05) is 0 Å². The van der Waals surface area contributed by atoms with E-state index in [0.29, 0.717) is 5.41 Å². The molecule has 0 saturated carbocycles. The van der Waals surface area contributed by atoms with Crippen LogP contribution in [0.15, 0.2) is 0 Å². The fourth-order valence-corrected chi connectivity index (χ4v) is 2.24. The number of likely N-dealkylation sites (tertiary alicyclic amines) is 1. The van der Waals surface area contributed by atoms with Crippen LogP contribution in [-0.2, 0) is 4.74 Å². The van der Waals surface area contributed by atoms with Crippen molar-refractivity contribution in [2.24, 2.45) is 5.41 Å². The van der Waals surface area contributed by atoms with Crippen LogP contribution >= 0.6 is 0 Å². The average molecular weight is 256 g/mol. The summed E-state index contributed by atoms with van der Waals surface area (Å²) in [6, 6.07) is 0. The van der Waals surface area contributed by atoms with Crippen molar-refractivity contribution in [1.29, 1.82) is 0 Å². The van der Waals surface area contributed by atoms with Gasteiger partial charge in [-0.25, -0.2) is 0 Å². The average Bonchev–Trinajstić information content (AvgIpc) is 2.34. The molecule has 0 unspecified atom stereocenters. The van der Waals surface area contributed by atoms with E-state index >= 15 is 0 Å². The predicted molar refractivity (Wildman–Crippen MR) is 78.1 cm³/mol. The summed E-state index contributed by atoms with van der Waals surface area (Å²) in [5.74, 6) is 0. The Hall–Kier alpha value is -0.120. The summed E-state index contributed by atoms with van der Waals surface area (Å²) < 4.78 is 5.52. The fourth-order valence-electron chi connectivity index (χ4n) is 2.24. The first-order chi connectivity index (χ1) is 8.64. The Labute approximate surface area is 113 Å². The van der Waals surface area contributed by atoms with Gasteiger partial charge in [-0.15, -0.1) is 0 Å². The van der Waals surface area contributed by atoms with E-state index in [2.05, 4.69) is 31.0 Å². The minimum atomic E-state index is 0.567. The Morgan fingerprint density at radius 1 is 1.11 bits per heavy atom. The summed E-state index contributed by atoms with van der Waals surface area (Å²) in [6.07, 6.45) is 5.09. The van der Waals surface area contributed by atoms with Crippen LogP contribution in [0, 0.1) is 5.41 Å². The van der Waals surface area contributed by atoms with Crippen molar-refractivity contribution < 1.29 is 4.74 Å². The molecule has 0 aromatic heterocycles. The zero-order valence-corrected chi connectivity index (χ0v) is 12.6. The lowest BCUT2D eigenvalue weighted by atomic mass is 9.83. The first-order valence-corrected chi connectivity index (χ1v) is 7.65. The van der Waals surface area contributed by atoms with Gasteiger partial charge in [0.25, 0.3) is 0 Å². The van der Waals surface area contributed by atoms with E-state index in [4.69, 9.17) is 4.74 Å². The highest BCUT2D eigenvalue weighted by atomic mass is 16.5. The monoisotopic (exact) mass is 256 g/mol. The predicted octanol–water partition coefficient (Wildman–Crippen LogP) is 2.51. The molecule has 1 heterocycles. The second kappa shape index (κ2) is 8.89. The topological polar surface area (TPSA) is 24.5 Å². The van der Waals surface area contributed by atoms with E-state index in [1.54, 1.807) is 0 Å². The normalized spacial score (nSPS) is 20.2. The van der Waals surface area contributed by atoms with Gasteiger partial charge in [-0.05, 0) is 37.8 Å². The quantitative estimate of drug-likeness (QED) is 0.642. The molecule has 1 rings (SSSR count). The van der Waals surface area contributed by atoms with Crippen LogP contribution in [0.1, 0.15) is 46.5 Å². The molecule has 3 heteroatoms. The molecule has 18 heavy (non-hydrogen) atoms. The molecule has 1 aliphatic heterocycles. The number of hydrogen-bond donors (Lipinski definition) is 1. The maximum absolute atomic E-state index is 5.52. The van der Waals surface area contributed by atoms with Crippen LogP contribution < -0.4 is 5.32 Å². The molecule has 0 aromatic carbocycles. The Balaban J connectivity index is 1.87. The highest BCUT2D eigenvalue weighted by Gasteiger charge is 2.24. The Morgan fingerprint density at radius 2 is 1.83 bits per heavy atom. The molecular formula is C15H32N2O. The molecule has 0 bridgehead atoms. The summed E-state index contributed by atoms with van der Waals surface area (Å²) in [6.45, 7) is 14.5. The Kier molecular flexibility index (Phi) is 7.87. The highest BCUT2D eigenvalue weighted by Crippen LogP contribution is 2.29. The third-order valence-corrected chi connectivity index (χ3v) is 3.88. The van der Waals surface area contributed by atoms with Gasteiger partial charge >= 0.3 is 0 Å². The smallest absolute Gasteiger partial charge is 0.0590 e. The second-order valence-electron chi connectivity index (χ2n) is 6.22. The number of nitrogens with zero attached hydrogens (tertiary/aromatic N) is 1. The number of unbranched alkanes of at least 4 members (excludes halogenated alkanes) is 1. The number of rotatable bonds is 9. The van der Waals surface area contributed by atoms with Gasteiger partial charge in [0.1, 0.15) is 0 Å². The lowest BCUT2D eigenvalue weighted by molar-refractivity contribution is 0.123.